The van der Waals surface area contributed by atoms with Crippen molar-refractivity contribution in [1.82, 2.24) is 15.1 Å². The van der Waals surface area contributed by atoms with E-state index in [0.717, 1.165) is 32.4 Å². The van der Waals surface area contributed by atoms with Gasteiger partial charge in [0.05, 0.1) is 0 Å². The third-order valence-corrected chi connectivity index (χ3v) is 4.28. The van der Waals surface area contributed by atoms with Crippen LogP contribution in [0, 0.1) is 5.41 Å². The average molecular weight is 268 g/mol. The Balaban J connectivity index is 2.10. The molecule has 1 aromatic heterocycles. The van der Waals surface area contributed by atoms with E-state index in [2.05, 4.69) is 24.0 Å². The lowest BCUT2D eigenvalue weighted by Gasteiger charge is -2.26. The molecule has 0 unspecified atom stereocenters. The van der Waals surface area contributed by atoms with Crippen molar-refractivity contribution in [2.75, 3.05) is 13.1 Å². The number of aromatic nitrogens is 2. The second-order valence-electron chi connectivity index (χ2n) is 4.93. The van der Waals surface area contributed by atoms with Crippen LogP contribution in [0.2, 0.25) is 5.15 Å². The van der Waals surface area contributed by atoms with Crippen LogP contribution >= 0.6 is 11.6 Å². The summed E-state index contributed by atoms with van der Waals surface area (Å²) in [6, 6.07) is 3.24. The van der Waals surface area contributed by atoms with Gasteiger partial charge in [0, 0.05) is 13.1 Å². The number of halogens is 1. The smallest absolute Gasteiger partial charge is 0.274 e. The predicted octanol–water partition coefficient (Wildman–Crippen LogP) is 2.78. The average Bonchev–Trinajstić information content (AvgIpc) is 2.84. The van der Waals surface area contributed by atoms with Gasteiger partial charge in [-0.1, -0.05) is 25.4 Å². The number of amides is 1. The molecule has 2 heterocycles. The Kier molecular flexibility index (Phi) is 3.85. The molecular formula is C13H18ClN3O. The summed E-state index contributed by atoms with van der Waals surface area (Å²) in [5, 5.41) is 7.87. The minimum absolute atomic E-state index is 0.0389. The van der Waals surface area contributed by atoms with Crippen LogP contribution in [0.3, 0.4) is 0 Å². The van der Waals surface area contributed by atoms with Gasteiger partial charge in [-0.05, 0) is 36.8 Å². The van der Waals surface area contributed by atoms with E-state index in [-0.39, 0.29) is 11.3 Å². The number of carbonyl (C=O) groups excluding carboxylic acids is 1. The third kappa shape index (κ3) is 2.48. The molecule has 98 valence electrons. The lowest BCUT2D eigenvalue weighted by Crippen LogP contribution is -2.32. The summed E-state index contributed by atoms with van der Waals surface area (Å²) < 4.78 is 0. The molecule has 0 saturated carbocycles. The molecule has 5 heteroatoms. The molecule has 1 fully saturated rings. The number of rotatable bonds is 3. The van der Waals surface area contributed by atoms with Crippen LogP contribution in [0.1, 0.15) is 43.6 Å². The van der Waals surface area contributed by atoms with E-state index in [4.69, 9.17) is 11.6 Å². The molecule has 1 aromatic rings. The van der Waals surface area contributed by atoms with Gasteiger partial charge < -0.3 is 4.90 Å². The Hall–Kier alpha value is -1.16. The highest BCUT2D eigenvalue weighted by molar-refractivity contribution is 6.29. The molecule has 1 aliphatic heterocycles. The van der Waals surface area contributed by atoms with Gasteiger partial charge in [-0.25, -0.2) is 0 Å². The fourth-order valence-electron chi connectivity index (χ4n) is 2.53. The normalized spacial score (nSPS) is 18.1. The Morgan fingerprint density at radius 3 is 2.61 bits per heavy atom. The number of likely N-dealkylation sites (tertiary alicyclic amines) is 1. The van der Waals surface area contributed by atoms with E-state index >= 15 is 0 Å². The maximum Gasteiger partial charge on any atom is 0.274 e. The highest BCUT2D eigenvalue weighted by atomic mass is 35.5. The van der Waals surface area contributed by atoms with Crippen LogP contribution in [0.25, 0.3) is 0 Å². The van der Waals surface area contributed by atoms with Crippen LogP contribution in [0.15, 0.2) is 12.1 Å². The second-order valence-corrected chi connectivity index (χ2v) is 5.31. The Labute approximate surface area is 112 Å². The molecule has 4 nitrogen and oxygen atoms in total. The zero-order chi connectivity index (χ0) is 13.2. The van der Waals surface area contributed by atoms with Crippen molar-refractivity contribution >= 4 is 17.5 Å². The number of nitrogens with zero attached hydrogens (tertiary/aromatic N) is 3. The molecule has 0 atom stereocenters. The van der Waals surface area contributed by atoms with E-state index in [1.54, 1.807) is 12.1 Å². The van der Waals surface area contributed by atoms with Crippen LogP contribution < -0.4 is 0 Å². The van der Waals surface area contributed by atoms with Gasteiger partial charge in [0.2, 0.25) is 0 Å². The maximum atomic E-state index is 12.3. The highest BCUT2D eigenvalue weighted by Gasteiger charge is 2.37. The first kappa shape index (κ1) is 13.3. The largest absolute Gasteiger partial charge is 0.337 e. The van der Waals surface area contributed by atoms with Crippen LogP contribution in [0.5, 0.6) is 0 Å². The molecule has 2 rings (SSSR count). The monoisotopic (exact) mass is 267 g/mol. The van der Waals surface area contributed by atoms with E-state index < -0.39 is 0 Å². The second kappa shape index (κ2) is 5.22. The summed E-state index contributed by atoms with van der Waals surface area (Å²) in [5.74, 6) is -0.0389. The molecular weight excluding hydrogens is 250 g/mol. The van der Waals surface area contributed by atoms with Gasteiger partial charge in [-0.2, -0.15) is 0 Å². The highest BCUT2D eigenvalue weighted by Crippen LogP contribution is 2.37. The van der Waals surface area contributed by atoms with E-state index in [0.29, 0.717) is 10.8 Å². The standard InChI is InChI=1S/C13H18ClN3O/c1-3-13(4-2)7-8-17(9-13)12(18)10-5-6-11(14)16-15-10/h5-6H,3-4,7-9H2,1-2H3. The SMILES string of the molecule is CCC1(CC)CCN(C(=O)c2ccc(Cl)nn2)C1. The summed E-state index contributed by atoms with van der Waals surface area (Å²) in [5.41, 5.74) is 0.664. The van der Waals surface area contributed by atoms with Crippen LogP contribution in [0.4, 0.5) is 0 Å². The van der Waals surface area contributed by atoms with Crippen LogP contribution in [-0.4, -0.2) is 34.1 Å². The summed E-state index contributed by atoms with van der Waals surface area (Å²) >= 11 is 5.67. The fraction of sp³-hybridized carbons (Fsp3) is 0.615. The Morgan fingerprint density at radius 1 is 1.39 bits per heavy atom. The van der Waals surface area contributed by atoms with Crippen molar-refractivity contribution < 1.29 is 4.79 Å². The van der Waals surface area contributed by atoms with Crippen molar-refractivity contribution in [3.05, 3.63) is 23.0 Å². The topological polar surface area (TPSA) is 46.1 Å². The molecule has 0 spiro atoms. The zero-order valence-corrected chi connectivity index (χ0v) is 11.6. The molecule has 18 heavy (non-hydrogen) atoms. The number of hydrogen-bond acceptors (Lipinski definition) is 3. The predicted molar refractivity (Wildman–Crippen MR) is 70.6 cm³/mol. The lowest BCUT2D eigenvalue weighted by atomic mass is 9.82. The van der Waals surface area contributed by atoms with Crippen molar-refractivity contribution in [3.8, 4) is 0 Å². The van der Waals surface area contributed by atoms with Gasteiger partial charge in [0.15, 0.2) is 10.8 Å². The minimum atomic E-state index is -0.0389. The van der Waals surface area contributed by atoms with Crippen molar-refractivity contribution in [1.29, 1.82) is 0 Å². The first-order valence-corrected chi connectivity index (χ1v) is 6.76. The number of carbonyl (C=O) groups is 1. The van der Waals surface area contributed by atoms with Crippen molar-refractivity contribution in [3.63, 3.8) is 0 Å². The maximum absolute atomic E-state index is 12.3. The molecule has 0 N–H and O–H groups in total. The van der Waals surface area contributed by atoms with E-state index in [9.17, 15) is 4.79 Å². The van der Waals surface area contributed by atoms with Gasteiger partial charge in [0.1, 0.15) is 0 Å². The quantitative estimate of drug-likeness (QED) is 0.846. The molecule has 0 bridgehead atoms. The zero-order valence-electron chi connectivity index (χ0n) is 10.8. The molecule has 0 aliphatic carbocycles. The Morgan fingerprint density at radius 2 is 2.11 bits per heavy atom. The van der Waals surface area contributed by atoms with Gasteiger partial charge in [0.25, 0.3) is 5.91 Å². The minimum Gasteiger partial charge on any atom is -0.337 e. The molecule has 1 saturated heterocycles. The van der Waals surface area contributed by atoms with E-state index in [1.807, 2.05) is 4.90 Å². The summed E-state index contributed by atoms with van der Waals surface area (Å²) in [4.78, 5) is 14.1. The summed E-state index contributed by atoms with van der Waals surface area (Å²) in [6.45, 7) is 6.02. The summed E-state index contributed by atoms with van der Waals surface area (Å²) in [6.07, 6.45) is 3.30. The first-order chi connectivity index (χ1) is 8.60. The molecule has 0 aromatic carbocycles. The fourth-order valence-corrected chi connectivity index (χ4v) is 2.63. The third-order valence-electron chi connectivity index (χ3n) is 4.08. The first-order valence-electron chi connectivity index (χ1n) is 6.39. The van der Waals surface area contributed by atoms with Crippen molar-refractivity contribution in [2.24, 2.45) is 5.41 Å². The molecule has 0 radical (unpaired) electrons. The van der Waals surface area contributed by atoms with E-state index in [1.165, 1.54) is 0 Å². The Bertz CT molecular complexity index is 428. The van der Waals surface area contributed by atoms with Crippen molar-refractivity contribution in [2.45, 2.75) is 33.1 Å². The summed E-state index contributed by atoms with van der Waals surface area (Å²) in [7, 11) is 0. The van der Waals surface area contributed by atoms with Gasteiger partial charge in [-0.15, -0.1) is 10.2 Å². The molecule has 1 aliphatic rings. The van der Waals surface area contributed by atoms with Gasteiger partial charge in [-0.3, -0.25) is 4.79 Å². The number of hydrogen-bond donors (Lipinski definition) is 0. The van der Waals surface area contributed by atoms with Gasteiger partial charge >= 0.3 is 0 Å². The van der Waals surface area contributed by atoms with Crippen LogP contribution in [-0.2, 0) is 0 Å². The lowest BCUT2D eigenvalue weighted by molar-refractivity contribution is 0.0763. The molecule has 1 amide bonds.